The number of carbonyl (C=O) groups excluding carboxylic acids is 1. The van der Waals surface area contributed by atoms with Crippen molar-refractivity contribution in [1.82, 2.24) is 15.0 Å². The Morgan fingerprint density at radius 3 is 2.82 bits per heavy atom. The minimum absolute atomic E-state index is 0.0670. The summed E-state index contributed by atoms with van der Waals surface area (Å²) in [6.45, 7) is 1.86. The van der Waals surface area contributed by atoms with Crippen molar-refractivity contribution in [3.63, 3.8) is 0 Å². The molecular weight excluding hydrogens is 282 g/mol. The second-order valence-corrected chi connectivity index (χ2v) is 5.72. The molecule has 0 bridgehead atoms. The van der Waals surface area contributed by atoms with Gasteiger partial charge < -0.3 is 5.32 Å². The molecule has 1 aromatic carbocycles. The van der Waals surface area contributed by atoms with Crippen LogP contribution in [0.15, 0.2) is 33.6 Å². The second-order valence-electron chi connectivity index (χ2n) is 5.72. The molecule has 6 nitrogen and oxygen atoms in total. The number of benzene rings is 1. The maximum Gasteiger partial charge on any atom is 0.442 e. The Kier molecular flexibility index (Phi) is 4.09. The van der Waals surface area contributed by atoms with Gasteiger partial charge in [0, 0.05) is 11.6 Å². The van der Waals surface area contributed by atoms with Gasteiger partial charge in [0.25, 0.3) is 0 Å². The number of aryl methyl sites for hydroxylation is 1. The molecule has 0 atom stereocenters. The van der Waals surface area contributed by atoms with E-state index in [9.17, 15) is 9.59 Å². The zero-order chi connectivity index (χ0) is 15.5. The van der Waals surface area contributed by atoms with Crippen LogP contribution in [0, 0.1) is 6.92 Å². The van der Waals surface area contributed by atoms with E-state index in [-0.39, 0.29) is 18.5 Å². The molecule has 3 rings (SSSR count). The number of carbonyl (C=O) groups is 1. The highest BCUT2D eigenvalue weighted by Gasteiger charge is 2.20. The highest BCUT2D eigenvalue weighted by molar-refractivity contribution is 5.77. The first-order valence-corrected chi connectivity index (χ1v) is 7.57. The average molecular weight is 301 g/mol. The lowest BCUT2D eigenvalue weighted by molar-refractivity contribution is -0.122. The van der Waals surface area contributed by atoms with Crippen molar-refractivity contribution in [3.8, 4) is 11.4 Å². The van der Waals surface area contributed by atoms with Gasteiger partial charge in [-0.25, -0.2) is 9.36 Å². The Morgan fingerprint density at radius 1 is 1.36 bits per heavy atom. The molecule has 1 aromatic heterocycles. The SMILES string of the molecule is Cc1ccccc1-c1noc(=O)n1CC(=O)NC1CCCC1. The molecule has 2 aromatic rings. The van der Waals surface area contributed by atoms with Gasteiger partial charge in [-0.1, -0.05) is 42.3 Å². The van der Waals surface area contributed by atoms with Crippen molar-refractivity contribution < 1.29 is 9.32 Å². The lowest BCUT2D eigenvalue weighted by atomic mass is 10.1. The molecule has 1 fully saturated rings. The fourth-order valence-corrected chi connectivity index (χ4v) is 2.91. The van der Waals surface area contributed by atoms with E-state index in [2.05, 4.69) is 10.5 Å². The summed E-state index contributed by atoms with van der Waals surface area (Å²) in [5, 5.41) is 6.80. The third-order valence-electron chi connectivity index (χ3n) is 4.09. The molecule has 0 unspecified atom stereocenters. The van der Waals surface area contributed by atoms with E-state index in [4.69, 9.17) is 4.52 Å². The summed E-state index contributed by atoms with van der Waals surface area (Å²) in [6.07, 6.45) is 4.31. The summed E-state index contributed by atoms with van der Waals surface area (Å²) in [6, 6.07) is 7.79. The lowest BCUT2D eigenvalue weighted by Crippen LogP contribution is -2.37. The number of amides is 1. The Morgan fingerprint density at radius 2 is 2.09 bits per heavy atom. The van der Waals surface area contributed by atoms with E-state index < -0.39 is 5.76 Å². The number of nitrogens with zero attached hydrogens (tertiary/aromatic N) is 2. The molecule has 1 heterocycles. The Labute approximate surface area is 128 Å². The van der Waals surface area contributed by atoms with Crippen molar-refractivity contribution in [1.29, 1.82) is 0 Å². The van der Waals surface area contributed by atoms with Gasteiger partial charge in [0.15, 0.2) is 5.82 Å². The molecule has 1 saturated carbocycles. The summed E-state index contributed by atoms with van der Waals surface area (Å²) in [7, 11) is 0. The van der Waals surface area contributed by atoms with E-state index in [1.165, 1.54) is 4.57 Å². The largest absolute Gasteiger partial charge is 0.442 e. The molecule has 6 heteroatoms. The van der Waals surface area contributed by atoms with Gasteiger partial charge in [0.1, 0.15) is 6.54 Å². The molecule has 1 aliphatic carbocycles. The van der Waals surface area contributed by atoms with Crippen molar-refractivity contribution in [2.75, 3.05) is 0 Å². The maximum absolute atomic E-state index is 12.1. The molecule has 116 valence electrons. The second kappa shape index (κ2) is 6.17. The van der Waals surface area contributed by atoms with E-state index in [1.807, 2.05) is 31.2 Å². The van der Waals surface area contributed by atoms with Crippen LogP contribution in [-0.2, 0) is 11.3 Å². The summed E-state index contributed by atoms with van der Waals surface area (Å²) in [5.41, 5.74) is 1.77. The number of aromatic nitrogens is 2. The third kappa shape index (κ3) is 2.95. The molecular formula is C16H19N3O3. The van der Waals surface area contributed by atoms with Gasteiger partial charge in [-0.05, 0) is 25.3 Å². The molecule has 0 aliphatic heterocycles. The number of rotatable bonds is 4. The summed E-state index contributed by atoms with van der Waals surface area (Å²) in [4.78, 5) is 24.0. The van der Waals surface area contributed by atoms with Crippen LogP contribution in [0.1, 0.15) is 31.2 Å². The van der Waals surface area contributed by atoms with Gasteiger partial charge >= 0.3 is 5.76 Å². The van der Waals surface area contributed by atoms with Gasteiger partial charge in [-0.15, -0.1) is 0 Å². The van der Waals surface area contributed by atoms with Gasteiger partial charge in [-0.2, -0.15) is 0 Å². The van der Waals surface area contributed by atoms with Gasteiger partial charge in [0.2, 0.25) is 5.91 Å². The minimum Gasteiger partial charge on any atom is -0.352 e. The number of hydrogen-bond donors (Lipinski definition) is 1. The van der Waals surface area contributed by atoms with Gasteiger partial charge in [-0.3, -0.25) is 9.32 Å². The van der Waals surface area contributed by atoms with Gasteiger partial charge in [0.05, 0.1) is 0 Å². The van der Waals surface area contributed by atoms with Crippen LogP contribution in [-0.4, -0.2) is 21.7 Å². The van der Waals surface area contributed by atoms with Crippen molar-refractivity contribution >= 4 is 5.91 Å². The van der Waals surface area contributed by atoms with Crippen LogP contribution in [0.3, 0.4) is 0 Å². The molecule has 0 saturated heterocycles. The summed E-state index contributed by atoms with van der Waals surface area (Å²) in [5.74, 6) is -0.392. The van der Waals surface area contributed by atoms with Crippen LogP contribution in [0.5, 0.6) is 0 Å². The average Bonchev–Trinajstić information content (AvgIpc) is 3.11. The lowest BCUT2D eigenvalue weighted by Gasteiger charge is -2.12. The van der Waals surface area contributed by atoms with Crippen LogP contribution >= 0.6 is 0 Å². The first kappa shape index (κ1) is 14.6. The number of nitrogens with one attached hydrogen (secondary N) is 1. The summed E-state index contributed by atoms with van der Waals surface area (Å²) < 4.78 is 6.04. The zero-order valence-electron chi connectivity index (χ0n) is 12.5. The normalized spacial score (nSPS) is 15.1. The van der Waals surface area contributed by atoms with Crippen LogP contribution in [0.2, 0.25) is 0 Å². The van der Waals surface area contributed by atoms with E-state index in [0.29, 0.717) is 5.82 Å². The monoisotopic (exact) mass is 301 g/mol. The van der Waals surface area contributed by atoms with Crippen LogP contribution in [0.25, 0.3) is 11.4 Å². The molecule has 1 N–H and O–H groups in total. The van der Waals surface area contributed by atoms with Crippen molar-refractivity contribution in [2.45, 2.75) is 45.2 Å². The topological polar surface area (TPSA) is 77.1 Å². The fourth-order valence-electron chi connectivity index (χ4n) is 2.91. The first-order valence-electron chi connectivity index (χ1n) is 7.57. The predicted molar refractivity (Wildman–Crippen MR) is 81.3 cm³/mol. The molecule has 0 radical (unpaired) electrons. The Balaban J connectivity index is 1.82. The molecule has 1 aliphatic rings. The Hall–Kier alpha value is -2.37. The minimum atomic E-state index is -0.611. The molecule has 1 amide bonds. The van der Waals surface area contributed by atoms with E-state index >= 15 is 0 Å². The highest BCUT2D eigenvalue weighted by atomic mass is 16.5. The predicted octanol–water partition coefficient (Wildman–Crippen LogP) is 1.87. The fraction of sp³-hybridized carbons (Fsp3) is 0.438. The zero-order valence-corrected chi connectivity index (χ0v) is 12.5. The molecule has 22 heavy (non-hydrogen) atoms. The van der Waals surface area contributed by atoms with Crippen molar-refractivity contribution in [3.05, 3.63) is 40.4 Å². The van der Waals surface area contributed by atoms with E-state index in [0.717, 1.165) is 36.8 Å². The first-order chi connectivity index (χ1) is 10.6. The quantitative estimate of drug-likeness (QED) is 0.935. The Bertz CT molecular complexity index is 726. The van der Waals surface area contributed by atoms with E-state index in [1.54, 1.807) is 0 Å². The third-order valence-corrected chi connectivity index (χ3v) is 4.09. The van der Waals surface area contributed by atoms with Crippen LogP contribution in [0.4, 0.5) is 0 Å². The highest BCUT2D eigenvalue weighted by Crippen LogP contribution is 2.20. The van der Waals surface area contributed by atoms with Crippen molar-refractivity contribution in [2.24, 2.45) is 0 Å². The number of hydrogen-bond acceptors (Lipinski definition) is 4. The molecule has 0 spiro atoms. The maximum atomic E-state index is 12.1. The summed E-state index contributed by atoms with van der Waals surface area (Å²) >= 11 is 0. The van der Waals surface area contributed by atoms with Crippen LogP contribution < -0.4 is 11.1 Å². The smallest absolute Gasteiger partial charge is 0.352 e. The standard InChI is InChI=1S/C16H19N3O3/c1-11-6-2-5-9-13(11)15-18-22-16(21)19(15)10-14(20)17-12-7-3-4-8-12/h2,5-6,9,12H,3-4,7-8,10H2,1H3,(H,17,20).